The second kappa shape index (κ2) is 5.01. The van der Waals surface area contributed by atoms with Gasteiger partial charge in [0.25, 0.3) is 11.6 Å². The lowest BCUT2D eigenvalue weighted by Gasteiger charge is -2.22. The summed E-state index contributed by atoms with van der Waals surface area (Å²) in [6.07, 6.45) is 0. The molecular weight excluding hydrogens is 327 g/mol. The molecule has 5 rings (SSSR count). The van der Waals surface area contributed by atoms with Gasteiger partial charge in [-0.2, -0.15) is 4.57 Å². The topological polar surface area (TPSA) is 26.0 Å². The Morgan fingerprint density at radius 2 is 1.85 bits per heavy atom. The molecule has 0 aliphatic carbocycles. The standard InChI is InChI=1S/C22H18FN2O/c1-11-7-14-9-12(2)13(3)19-20(14)18(8-11)26-22-21(19)25(4)17-6-5-15(23)10-16(17)24-22/h5-10H,1-4H3/q+1. The molecule has 128 valence electrons. The number of benzene rings is 3. The van der Waals surface area contributed by atoms with Crippen LogP contribution >= 0.6 is 0 Å². The highest BCUT2D eigenvalue weighted by Crippen LogP contribution is 2.47. The molecule has 0 N–H and O–H groups in total. The summed E-state index contributed by atoms with van der Waals surface area (Å²) < 4.78 is 22.0. The molecule has 2 heterocycles. The minimum atomic E-state index is -0.300. The van der Waals surface area contributed by atoms with E-state index in [2.05, 4.69) is 42.5 Å². The normalized spacial score (nSPS) is 12.3. The summed E-state index contributed by atoms with van der Waals surface area (Å²) in [7, 11) is 1.98. The fourth-order valence-electron chi connectivity index (χ4n) is 4.01. The minimum absolute atomic E-state index is 0.300. The summed E-state index contributed by atoms with van der Waals surface area (Å²) in [4.78, 5) is 4.64. The maximum absolute atomic E-state index is 13.7. The van der Waals surface area contributed by atoms with E-state index in [1.807, 2.05) is 13.1 Å². The molecule has 4 aromatic rings. The van der Waals surface area contributed by atoms with Gasteiger partial charge in [-0.05, 0) is 55.0 Å². The zero-order chi connectivity index (χ0) is 18.2. The van der Waals surface area contributed by atoms with E-state index < -0.39 is 0 Å². The van der Waals surface area contributed by atoms with Crippen molar-refractivity contribution in [2.45, 2.75) is 20.8 Å². The van der Waals surface area contributed by atoms with Gasteiger partial charge in [0.05, 0.1) is 5.56 Å². The van der Waals surface area contributed by atoms with E-state index in [4.69, 9.17) is 4.74 Å². The fraction of sp³-hybridized carbons (Fsp3) is 0.182. The van der Waals surface area contributed by atoms with Crippen LogP contribution in [0, 0.1) is 26.6 Å². The van der Waals surface area contributed by atoms with Crippen molar-refractivity contribution in [2.24, 2.45) is 7.05 Å². The Hall–Kier alpha value is -3.01. The van der Waals surface area contributed by atoms with Gasteiger partial charge in [0.2, 0.25) is 5.52 Å². The molecule has 0 fully saturated rings. The van der Waals surface area contributed by atoms with Crippen LogP contribution < -0.4 is 9.30 Å². The van der Waals surface area contributed by atoms with Crippen molar-refractivity contribution in [3.8, 4) is 22.9 Å². The largest absolute Gasteiger partial charge is 0.433 e. The van der Waals surface area contributed by atoms with Gasteiger partial charge in [0.15, 0.2) is 0 Å². The Balaban J connectivity index is 2.00. The van der Waals surface area contributed by atoms with E-state index in [9.17, 15) is 4.39 Å². The maximum Gasteiger partial charge on any atom is 0.294 e. The lowest BCUT2D eigenvalue weighted by Crippen LogP contribution is -2.34. The molecule has 3 nitrogen and oxygen atoms in total. The number of halogens is 1. The van der Waals surface area contributed by atoms with E-state index in [0.717, 1.165) is 33.5 Å². The Morgan fingerprint density at radius 1 is 1.04 bits per heavy atom. The Bertz CT molecular complexity index is 1260. The first-order chi connectivity index (χ1) is 12.4. The molecule has 0 saturated heterocycles. The van der Waals surface area contributed by atoms with E-state index in [1.165, 1.54) is 28.6 Å². The van der Waals surface area contributed by atoms with Crippen LogP contribution in [0.3, 0.4) is 0 Å². The summed E-state index contributed by atoms with van der Waals surface area (Å²) >= 11 is 0. The van der Waals surface area contributed by atoms with E-state index in [-0.39, 0.29) is 5.82 Å². The van der Waals surface area contributed by atoms with Crippen LogP contribution in [0.5, 0.6) is 11.6 Å². The van der Waals surface area contributed by atoms with Crippen molar-refractivity contribution in [3.05, 3.63) is 58.9 Å². The molecule has 1 aliphatic rings. The van der Waals surface area contributed by atoms with Crippen LogP contribution in [-0.2, 0) is 7.05 Å². The molecule has 0 radical (unpaired) electrons. The summed E-state index contributed by atoms with van der Waals surface area (Å²) in [5.74, 6) is 1.04. The zero-order valence-electron chi connectivity index (χ0n) is 15.1. The molecule has 4 heteroatoms. The third kappa shape index (κ3) is 1.93. The van der Waals surface area contributed by atoms with Crippen molar-refractivity contribution >= 4 is 21.8 Å². The number of ether oxygens (including phenoxy) is 1. The van der Waals surface area contributed by atoms with Gasteiger partial charge in [-0.25, -0.2) is 9.37 Å². The smallest absolute Gasteiger partial charge is 0.294 e. The molecule has 0 atom stereocenters. The van der Waals surface area contributed by atoms with Crippen molar-refractivity contribution in [1.82, 2.24) is 4.98 Å². The third-order valence-corrected chi connectivity index (χ3v) is 5.37. The predicted octanol–water partition coefficient (Wildman–Crippen LogP) is 5.05. The molecule has 26 heavy (non-hydrogen) atoms. The number of aromatic nitrogens is 2. The van der Waals surface area contributed by atoms with Crippen molar-refractivity contribution in [2.75, 3.05) is 0 Å². The first-order valence-corrected chi connectivity index (χ1v) is 8.66. The number of fused-ring (bicyclic) bond motifs is 3. The number of nitrogens with zero attached hydrogens (tertiary/aromatic N) is 2. The van der Waals surface area contributed by atoms with Crippen LogP contribution in [0.2, 0.25) is 0 Å². The predicted molar refractivity (Wildman–Crippen MR) is 100 cm³/mol. The molecule has 1 aliphatic heterocycles. The second-order valence-electron chi connectivity index (χ2n) is 7.11. The zero-order valence-corrected chi connectivity index (χ0v) is 15.1. The molecular formula is C22H18FN2O+. The van der Waals surface area contributed by atoms with Gasteiger partial charge < -0.3 is 4.74 Å². The number of aryl methyl sites for hydroxylation is 3. The van der Waals surface area contributed by atoms with Crippen LogP contribution in [0.4, 0.5) is 4.39 Å². The summed E-state index contributed by atoms with van der Waals surface area (Å²) in [6, 6.07) is 11.1. The molecule has 3 aromatic carbocycles. The number of hydrogen-bond acceptors (Lipinski definition) is 2. The van der Waals surface area contributed by atoms with Crippen LogP contribution in [0.15, 0.2) is 36.4 Å². The van der Waals surface area contributed by atoms with Gasteiger partial charge in [-0.15, -0.1) is 0 Å². The van der Waals surface area contributed by atoms with Gasteiger partial charge in [0.1, 0.15) is 24.1 Å². The minimum Gasteiger partial charge on any atom is -0.433 e. The van der Waals surface area contributed by atoms with Gasteiger partial charge in [0, 0.05) is 17.5 Å². The quantitative estimate of drug-likeness (QED) is 0.367. The summed E-state index contributed by atoms with van der Waals surface area (Å²) in [5.41, 5.74) is 7.13. The Labute approximate surface area is 150 Å². The lowest BCUT2D eigenvalue weighted by molar-refractivity contribution is -0.634. The van der Waals surface area contributed by atoms with Gasteiger partial charge in [-0.1, -0.05) is 12.1 Å². The first kappa shape index (κ1) is 15.3. The summed E-state index contributed by atoms with van der Waals surface area (Å²) in [6.45, 7) is 6.33. The van der Waals surface area contributed by atoms with Crippen LogP contribution in [0.1, 0.15) is 16.7 Å². The lowest BCUT2D eigenvalue weighted by atomic mass is 9.90. The molecule has 0 spiro atoms. The first-order valence-electron chi connectivity index (χ1n) is 8.66. The number of rotatable bonds is 0. The van der Waals surface area contributed by atoms with Crippen LogP contribution in [-0.4, -0.2) is 4.98 Å². The van der Waals surface area contributed by atoms with Gasteiger partial charge in [-0.3, -0.25) is 0 Å². The SMILES string of the molecule is Cc1cc2c3c(c(C)c(C)cc3c1)-c1c(nc3cc(F)ccc3[n+]1C)O2. The van der Waals surface area contributed by atoms with Crippen molar-refractivity contribution < 1.29 is 13.7 Å². The van der Waals surface area contributed by atoms with Crippen LogP contribution in [0.25, 0.3) is 33.1 Å². The van der Waals surface area contributed by atoms with Crippen molar-refractivity contribution in [1.29, 1.82) is 0 Å². The average molecular weight is 345 g/mol. The highest BCUT2D eigenvalue weighted by Gasteiger charge is 2.32. The molecule has 0 bridgehead atoms. The second-order valence-corrected chi connectivity index (χ2v) is 7.11. The Morgan fingerprint density at radius 3 is 2.65 bits per heavy atom. The fourth-order valence-corrected chi connectivity index (χ4v) is 4.01. The third-order valence-electron chi connectivity index (χ3n) is 5.37. The average Bonchev–Trinajstić information content (AvgIpc) is 2.58. The van der Waals surface area contributed by atoms with E-state index in [1.54, 1.807) is 6.07 Å². The summed E-state index contributed by atoms with van der Waals surface area (Å²) in [5, 5.41) is 2.29. The van der Waals surface area contributed by atoms with Gasteiger partial charge >= 0.3 is 0 Å². The van der Waals surface area contributed by atoms with E-state index >= 15 is 0 Å². The highest BCUT2D eigenvalue weighted by molar-refractivity contribution is 6.05. The monoisotopic (exact) mass is 345 g/mol. The molecule has 0 unspecified atom stereocenters. The molecule has 0 amide bonds. The number of hydrogen-bond donors (Lipinski definition) is 0. The molecule has 1 aromatic heterocycles. The maximum atomic E-state index is 13.7. The van der Waals surface area contributed by atoms with Crippen molar-refractivity contribution in [3.63, 3.8) is 0 Å². The highest BCUT2D eigenvalue weighted by atomic mass is 19.1. The van der Waals surface area contributed by atoms with E-state index in [0.29, 0.717) is 11.4 Å². The molecule has 0 saturated carbocycles. The Kier molecular flexibility index (Phi) is 2.94.